The second-order valence-electron chi connectivity index (χ2n) is 5.33. The van der Waals surface area contributed by atoms with Crippen LogP contribution in [0.3, 0.4) is 0 Å². The summed E-state index contributed by atoms with van der Waals surface area (Å²) in [5.74, 6) is 1.00. The van der Waals surface area contributed by atoms with E-state index in [1.165, 1.54) is 11.1 Å². The van der Waals surface area contributed by atoms with E-state index < -0.39 is 0 Å². The Bertz CT molecular complexity index is 490. The van der Waals surface area contributed by atoms with Gasteiger partial charge in [-0.25, -0.2) is 0 Å². The smallest absolute Gasteiger partial charge is 0.120 e. The summed E-state index contributed by atoms with van der Waals surface area (Å²) in [6.45, 7) is 6.52. The van der Waals surface area contributed by atoms with Crippen molar-refractivity contribution in [1.29, 1.82) is 0 Å². The molecule has 0 saturated carbocycles. The molecule has 1 heterocycles. The van der Waals surface area contributed by atoms with Gasteiger partial charge in [-0.2, -0.15) is 0 Å². The van der Waals surface area contributed by atoms with Crippen molar-refractivity contribution < 1.29 is 4.42 Å². The molecule has 19 heavy (non-hydrogen) atoms. The van der Waals surface area contributed by atoms with Crippen molar-refractivity contribution in [3.63, 3.8) is 0 Å². The molecule has 0 spiro atoms. The third kappa shape index (κ3) is 4.25. The Balaban J connectivity index is 1.80. The van der Waals surface area contributed by atoms with Crippen molar-refractivity contribution in [3.8, 4) is 0 Å². The van der Waals surface area contributed by atoms with E-state index in [0.29, 0.717) is 6.04 Å². The van der Waals surface area contributed by atoms with Gasteiger partial charge < -0.3 is 9.73 Å². The van der Waals surface area contributed by atoms with Crippen LogP contribution < -0.4 is 5.32 Å². The number of hydrogen-bond donors (Lipinski definition) is 1. The molecule has 0 fully saturated rings. The van der Waals surface area contributed by atoms with Crippen molar-refractivity contribution in [1.82, 2.24) is 5.32 Å². The highest BCUT2D eigenvalue weighted by atomic mass is 16.3. The van der Waals surface area contributed by atoms with Crippen molar-refractivity contribution >= 4 is 0 Å². The van der Waals surface area contributed by atoms with Crippen LogP contribution >= 0.6 is 0 Å². The zero-order chi connectivity index (χ0) is 13.7. The molecular formula is C17H23NO. The van der Waals surface area contributed by atoms with Crippen LogP contribution in [0.4, 0.5) is 0 Å². The van der Waals surface area contributed by atoms with E-state index in [9.17, 15) is 0 Å². The van der Waals surface area contributed by atoms with Crippen LogP contribution in [0.15, 0.2) is 47.1 Å². The molecule has 102 valence electrons. The third-order valence-electron chi connectivity index (χ3n) is 3.45. The highest BCUT2D eigenvalue weighted by molar-refractivity contribution is 5.22. The van der Waals surface area contributed by atoms with Crippen LogP contribution in [0, 0.1) is 6.92 Å². The molecule has 2 rings (SSSR count). The fourth-order valence-electron chi connectivity index (χ4n) is 2.38. The highest BCUT2D eigenvalue weighted by Gasteiger charge is 2.11. The largest absolute Gasteiger partial charge is 0.468 e. The SMILES string of the molecule is Cc1cccc(CCC(C)NC(C)c2ccco2)c1. The van der Waals surface area contributed by atoms with Gasteiger partial charge in [0.25, 0.3) is 0 Å². The molecule has 1 aromatic carbocycles. The lowest BCUT2D eigenvalue weighted by atomic mass is 10.0. The maximum atomic E-state index is 5.41. The lowest BCUT2D eigenvalue weighted by Crippen LogP contribution is -2.29. The molecule has 0 aliphatic heterocycles. The zero-order valence-corrected chi connectivity index (χ0v) is 12.0. The molecule has 0 amide bonds. The Morgan fingerprint density at radius 1 is 1.16 bits per heavy atom. The van der Waals surface area contributed by atoms with Gasteiger partial charge in [0.2, 0.25) is 0 Å². The lowest BCUT2D eigenvalue weighted by molar-refractivity contribution is 0.388. The topological polar surface area (TPSA) is 25.2 Å². The Morgan fingerprint density at radius 2 is 2.00 bits per heavy atom. The van der Waals surface area contributed by atoms with Crippen LogP contribution in [0.1, 0.15) is 43.2 Å². The van der Waals surface area contributed by atoms with E-state index in [-0.39, 0.29) is 6.04 Å². The number of hydrogen-bond acceptors (Lipinski definition) is 2. The molecule has 2 heteroatoms. The van der Waals surface area contributed by atoms with Gasteiger partial charge in [-0.1, -0.05) is 29.8 Å². The van der Waals surface area contributed by atoms with Crippen LogP contribution in [-0.2, 0) is 6.42 Å². The van der Waals surface area contributed by atoms with Gasteiger partial charge in [-0.15, -0.1) is 0 Å². The minimum atomic E-state index is 0.266. The van der Waals surface area contributed by atoms with Gasteiger partial charge in [-0.05, 0) is 51.3 Å². The van der Waals surface area contributed by atoms with Crippen LogP contribution in [0.25, 0.3) is 0 Å². The van der Waals surface area contributed by atoms with Crippen LogP contribution in [-0.4, -0.2) is 6.04 Å². The lowest BCUT2D eigenvalue weighted by Gasteiger charge is -2.18. The molecule has 2 aromatic rings. The van der Waals surface area contributed by atoms with Crippen LogP contribution in [0.2, 0.25) is 0 Å². The monoisotopic (exact) mass is 257 g/mol. The molecule has 1 N–H and O–H groups in total. The van der Waals surface area contributed by atoms with Crippen molar-refractivity contribution in [3.05, 3.63) is 59.5 Å². The zero-order valence-electron chi connectivity index (χ0n) is 12.0. The standard InChI is InChI=1S/C17H23NO/c1-13-6-4-7-16(12-13)10-9-14(2)18-15(3)17-8-5-11-19-17/h4-8,11-12,14-15,18H,9-10H2,1-3H3. The molecule has 2 nitrogen and oxygen atoms in total. The predicted molar refractivity (Wildman–Crippen MR) is 79.2 cm³/mol. The van der Waals surface area contributed by atoms with Gasteiger partial charge in [0.1, 0.15) is 5.76 Å². The summed E-state index contributed by atoms with van der Waals surface area (Å²) in [4.78, 5) is 0. The number of benzene rings is 1. The quantitative estimate of drug-likeness (QED) is 0.836. The number of furan rings is 1. The minimum Gasteiger partial charge on any atom is -0.468 e. The van der Waals surface area contributed by atoms with Gasteiger partial charge in [0, 0.05) is 6.04 Å². The number of rotatable bonds is 6. The summed E-state index contributed by atoms with van der Waals surface area (Å²) in [5, 5.41) is 3.57. The third-order valence-corrected chi connectivity index (χ3v) is 3.45. The van der Waals surface area contributed by atoms with E-state index in [1.54, 1.807) is 6.26 Å². The number of aryl methyl sites for hydroxylation is 2. The first-order valence-electron chi connectivity index (χ1n) is 7.00. The predicted octanol–water partition coefficient (Wildman–Crippen LogP) is 4.26. The molecule has 0 radical (unpaired) electrons. The van der Waals surface area contributed by atoms with Crippen molar-refractivity contribution in [2.45, 2.75) is 45.7 Å². The molecule has 0 saturated heterocycles. The Kier molecular flexibility index (Phi) is 4.80. The Labute approximate surface area is 115 Å². The molecule has 1 aromatic heterocycles. The second kappa shape index (κ2) is 6.58. The molecule has 0 aliphatic rings. The Morgan fingerprint density at radius 3 is 2.68 bits per heavy atom. The maximum Gasteiger partial charge on any atom is 0.120 e. The van der Waals surface area contributed by atoms with Gasteiger partial charge >= 0.3 is 0 Å². The average Bonchev–Trinajstić information content (AvgIpc) is 2.90. The normalized spacial score (nSPS) is 14.3. The molecule has 0 bridgehead atoms. The van der Waals surface area contributed by atoms with E-state index in [1.807, 2.05) is 12.1 Å². The van der Waals surface area contributed by atoms with E-state index in [2.05, 4.69) is 50.4 Å². The fraction of sp³-hybridized carbons (Fsp3) is 0.412. The molecular weight excluding hydrogens is 234 g/mol. The van der Waals surface area contributed by atoms with Crippen molar-refractivity contribution in [2.75, 3.05) is 0 Å². The summed E-state index contributed by atoms with van der Waals surface area (Å²) in [6, 6.07) is 13.4. The summed E-state index contributed by atoms with van der Waals surface area (Å²) in [5.41, 5.74) is 2.75. The van der Waals surface area contributed by atoms with Crippen molar-refractivity contribution in [2.24, 2.45) is 0 Å². The van der Waals surface area contributed by atoms with Gasteiger partial charge in [0.05, 0.1) is 12.3 Å². The fourth-order valence-corrected chi connectivity index (χ4v) is 2.38. The van der Waals surface area contributed by atoms with E-state index in [4.69, 9.17) is 4.42 Å². The Hall–Kier alpha value is -1.54. The highest BCUT2D eigenvalue weighted by Crippen LogP contribution is 2.15. The summed E-state index contributed by atoms with van der Waals surface area (Å²) < 4.78 is 5.41. The van der Waals surface area contributed by atoms with E-state index in [0.717, 1.165) is 18.6 Å². The first kappa shape index (κ1) is 13.9. The summed E-state index contributed by atoms with van der Waals surface area (Å²) in [7, 11) is 0. The van der Waals surface area contributed by atoms with E-state index >= 15 is 0 Å². The molecule has 0 aliphatic carbocycles. The first-order valence-corrected chi connectivity index (χ1v) is 7.00. The second-order valence-corrected chi connectivity index (χ2v) is 5.33. The first-order chi connectivity index (χ1) is 9.15. The summed E-state index contributed by atoms with van der Waals surface area (Å²) >= 11 is 0. The minimum absolute atomic E-state index is 0.266. The van der Waals surface area contributed by atoms with Crippen LogP contribution in [0.5, 0.6) is 0 Å². The summed E-state index contributed by atoms with van der Waals surface area (Å²) in [6.07, 6.45) is 3.97. The van der Waals surface area contributed by atoms with Gasteiger partial charge in [-0.3, -0.25) is 0 Å². The maximum absolute atomic E-state index is 5.41. The van der Waals surface area contributed by atoms with Gasteiger partial charge in [0.15, 0.2) is 0 Å². The molecule has 2 unspecified atom stereocenters. The molecule has 2 atom stereocenters. The average molecular weight is 257 g/mol. The number of nitrogens with one attached hydrogen (secondary N) is 1.